The lowest BCUT2D eigenvalue weighted by Crippen LogP contribution is -2.03. The van der Waals surface area contributed by atoms with Gasteiger partial charge in [0.15, 0.2) is 0 Å². The van der Waals surface area contributed by atoms with Crippen molar-refractivity contribution in [1.29, 1.82) is 0 Å². The van der Waals surface area contributed by atoms with E-state index in [0.29, 0.717) is 27.2 Å². The third-order valence-corrected chi connectivity index (χ3v) is 4.61. The zero-order valence-corrected chi connectivity index (χ0v) is 15.3. The first kappa shape index (κ1) is 18.1. The summed E-state index contributed by atoms with van der Waals surface area (Å²) >= 11 is 12.9. The Morgan fingerprint density at radius 3 is 2.38 bits per heavy atom. The van der Waals surface area contributed by atoms with E-state index in [1.165, 1.54) is 6.07 Å². The smallest absolute Gasteiger partial charge is 0.337 e. The van der Waals surface area contributed by atoms with Crippen molar-refractivity contribution in [1.82, 2.24) is 0 Å². The van der Waals surface area contributed by atoms with Crippen LogP contribution in [0.2, 0.25) is 10.0 Å². The summed E-state index contributed by atoms with van der Waals surface area (Å²) in [4.78, 5) is 11.4. The molecule has 0 spiro atoms. The number of halogens is 2. The maximum absolute atomic E-state index is 11.4. The molecule has 0 aliphatic carbocycles. The molecule has 0 saturated heterocycles. The van der Waals surface area contributed by atoms with Gasteiger partial charge in [0.25, 0.3) is 0 Å². The van der Waals surface area contributed by atoms with E-state index in [1.807, 2.05) is 24.3 Å². The molecule has 6 heteroatoms. The normalized spacial score (nSPS) is 10.4. The van der Waals surface area contributed by atoms with Gasteiger partial charge in [-0.25, -0.2) is 4.79 Å². The van der Waals surface area contributed by atoms with Crippen molar-refractivity contribution in [3.8, 4) is 16.9 Å². The Morgan fingerprint density at radius 1 is 0.962 bits per heavy atom. The molecule has 26 heavy (non-hydrogen) atoms. The second-order valence-electron chi connectivity index (χ2n) is 5.46. The van der Waals surface area contributed by atoms with Crippen LogP contribution in [0.15, 0.2) is 60.7 Å². The second kappa shape index (κ2) is 7.68. The van der Waals surface area contributed by atoms with Crippen molar-refractivity contribution in [3.05, 3.63) is 76.3 Å². The number of ether oxygens (including phenoxy) is 1. The number of carboxylic acid groups (broad SMARTS) is 1. The van der Waals surface area contributed by atoms with Crippen molar-refractivity contribution in [3.63, 3.8) is 0 Å². The van der Waals surface area contributed by atoms with Crippen molar-refractivity contribution < 1.29 is 14.6 Å². The Balaban J connectivity index is 2.11. The van der Waals surface area contributed by atoms with Crippen LogP contribution >= 0.6 is 23.2 Å². The number of aromatic carboxylic acids is 1. The standard InChI is InChI=1S/C20H15Cl2NO3/c1-26-17-9-5-3-6-12(17)13-10-11-15(21)19(18(13)22)23-16-8-4-2-7-14(16)20(24)25/h2-11,23H,1H3,(H,24,25). The summed E-state index contributed by atoms with van der Waals surface area (Å²) in [6.45, 7) is 0. The molecular formula is C20H15Cl2NO3. The van der Waals surface area contributed by atoms with Gasteiger partial charge < -0.3 is 15.2 Å². The Kier molecular flexibility index (Phi) is 5.35. The highest BCUT2D eigenvalue weighted by atomic mass is 35.5. The molecule has 0 aliphatic heterocycles. The molecular weight excluding hydrogens is 373 g/mol. The molecule has 4 nitrogen and oxygen atoms in total. The third kappa shape index (κ3) is 3.47. The average molecular weight is 388 g/mol. The van der Waals surface area contributed by atoms with E-state index in [1.54, 1.807) is 37.4 Å². The van der Waals surface area contributed by atoms with Gasteiger partial charge in [0, 0.05) is 11.1 Å². The maximum atomic E-state index is 11.4. The van der Waals surface area contributed by atoms with Crippen LogP contribution in [0.4, 0.5) is 11.4 Å². The number of hydrogen-bond donors (Lipinski definition) is 2. The molecule has 0 aliphatic rings. The van der Waals surface area contributed by atoms with Gasteiger partial charge in [0.2, 0.25) is 0 Å². The number of rotatable bonds is 5. The SMILES string of the molecule is COc1ccccc1-c1ccc(Cl)c(Nc2ccccc2C(=O)O)c1Cl. The molecule has 0 fully saturated rings. The van der Waals surface area contributed by atoms with E-state index < -0.39 is 5.97 Å². The fourth-order valence-corrected chi connectivity index (χ4v) is 3.22. The third-order valence-electron chi connectivity index (χ3n) is 3.91. The quantitative estimate of drug-likeness (QED) is 0.554. The molecule has 2 N–H and O–H groups in total. The van der Waals surface area contributed by atoms with Crippen molar-refractivity contribution in [2.24, 2.45) is 0 Å². The zero-order chi connectivity index (χ0) is 18.7. The molecule has 3 rings (SSSR count). The summed E-state index contributed by atoms with van der Waals surface area (Å²) in [6.07, 6.45) is 0. The molecule has 0 atom stereocenters. The monoisotopic (exact) mass is 387 g/mol. The largest absolute Gasteiger partial charge is 0.496 e. The lowest BCUT2D eigenvalue weighted by Gasteiger charge is -2.16. The predicted octanol–water partition coefficient (Wildman–Crippen LogP) is 6.11. The van der Waals surface area contributed by atoms with Gasteiger partial charge >= 0.3 is 5.97 Å². The highest BCUT2D eigenvalue weighted by molar-refractivity contribution is 6.41. The number of para-hydroxylation sites is 2. The Labute approximate surface area is 161 Å². The van der Waals surface area contributed by atoms with Gasteiger partial charge in [-0.15, -0.1) is 0 Å². The minimum atomic E-state index is -1.04. The van der Waals surface area contributed by atoms with E-state index in [-0.39, 0.29) is 5.56 Å². The van der Waals surface area contributed by atoms with Crippen LogP contribution in [-0.2, 0) is 0 Å². The van der Waals surface area contributed by atoms with Gasteiger partial charge in [-0.3, -0.25) is 0 Å². The van der Waals surface area contributed by atoms with Crippen LogP contribution in [0, 0.1) is 0 Å². The molecule has 0 saturated carbocycles. The summed E-state index contributed by atoms with van der Waals surface area (Å²) in [5, 5.41) is 13.2. The lowest BCUT2D eigenvalue weighted by molar-refractivity contribution is 0.0698. The van der Waals surface area contributed by atoms with E-state index >= 15 is 0 Å². The van der Waals surface area contributed by atoms with Gasteiger partial charge in [0.05, 0.1) is 34.1 Å². The van der Waals surface area contributed by atoms with Crippen LogP contribution in [0.5, 0.6) is 5.75 Å². The molecule has 3 aromatic rings. The summed E-state index contributed by atoms with van der Waals surface area (Å²) in [5.41, 5.74) is 2.50. The average Bonchev–Trinajstić information content (AvgIpc) is 2.65. The highest BCUT2D eigenvalue weighted by Crippen LogP contribution is 2.42. The first-order valence-electron chi connectivity index (χ1n) is 7.73. The number of benzene rings is 3. The zero-order valence-electron chi connectivity index (χ0n) is 13.8. The number of hydrogen-bond acceptors (Lipinski definition) is 3. The molecule has 3 aromatic carbocycles. The first-order chi connectivity index (χ1) is 12.5. The number of carbonyl (C=O) groups is 1. The molecule has 0 bridgehead atoms. The van der Waals surface area contributed by atoms with Crippen LogP contribution in [0.3, 0.4) is 0 Å². The molecule has 0 aromatic heterocycles. The summed E-state index contributed by atoms with van der Waals surface area (Å²) in [6, 6.07) is 17.6. The predicted molar refractivity (Wildman–Crippen MR) is 105 cm³/mol. The van der Waals surface area contributed by atoms with Crippen LogP contribution in [-0.4, -0.2) is 18.2 Å². The minimum absolute atomic E-state index is 0.127. The fourth-order valence-electron chi connectivity index (χ4n) is 2.66. The lowest BCUT2D eigenvalue weighted by atomic mass is 10.0. The Morgan fingerprint density at radius 2 is 1.65 bits per heavy atom. The van der Waals surface area contributed by atoms with Crippen LogP contribution in [0.1, 0.15) is 10.4 Å². The number of methoxy groups -OCH3 is 1. The van der Waals surface area contributed by atoms with Gasteiger partial charge in [-0.1, -0.05) is 59.6 Å². The van der Waals surface area contributed by atoms with Crippen molar-refractivity contribution in [2.75, 3.05) is 12.4 Å². The molecule has 0 amide bonds. The number of anilines is 2. The number of nitrogens with one attached hydrogen (secondary N) is 1. The second-order valence-corrected chi connectivity index (χ2v) is 6.25. The molecule has 132 valence electrons. The summed E-state index contributed by atoms with van der Waals surface area (Å²) < 4.78 is 5.40. The van der Waals surface area contributed by atoms with Gasteiger partial charge in [-0.2, -0.15) is 0 Å². The highest BCUT2D eigenvalue weighted by Gasteiger charge is 2.17. The molecule has 0 heterocycles. The van der Waals surface area contributed by atoms with Crippen molar-refractivity contribution >= 4 is 40.5 Å². The van der Waals surface area contributed by atoms with Gasteiger partial charge in [0.1, 0.15) is 5.75 Å². The number of carboxylic acids is 1. The first-order valence-corrected chi connectivity index (χ1v) is 8.49. The maximum Gasteiger partial charge on any atom is 0.337 e. The van der Waals surface area contributed by atoms with E-state index in [0.717, 1.165) is 11.1 Å². The van der Waals surface area contributed by atoms with E-state index in [2.05, 4.69) is 5.32 Å². The fraction of sp³-hybridized carbons (Fsp3) is 0.0500. The van der Waals surface area contributed by atoms with Crippen LogP contribution < -0.4 is 10.1 Å². The summed E-state index contributed by atoms with van der Waals surface area (Å²) in [5.74, 6) is -0.366. The minimum Gasteiger partial charge on any atom is -0.496 e. The Bertz CT molecular complexity index is 973. The molecule has 0 radical (unpaired) electrons. The van der Waals surface area contributed by atoms with Gasteiger partial charge in [-0.05, 0) is 24.3 Å². The van der Waals surface area contributed by atoms with Crippen LogP contribution in [0.25, 0.3) is 11.1 Å². The topological polar surface area (TPSA) is 58.6 Å². The molecule has 0 unspecified atom stereocenters. The van der Waals surface area contributed by atoms with E-state index in [4.69, 9.17) is 27.9 Å². The van der Waals surface area contributed by atoms with Crippen molar-refractivity contribution in [2.45, 2.75) is 0 Å². The summed E-state index contributed by atoms with van der Waals surface area (Å²) in [7, 11) is 1.59. The Hall–Kier alpha value is -2.69. The van der Waals surface area contributed by atoms with E-state index in [9.17, 15) is 9.90 Å².